The van der Waals surface area contributed by atoms with Gasteiger partial charge in [0.15, 0.2) is 0 Å². The summed E-state index contributed by atoms with van der Waals surface area (Å²) in [6.45, 7) is 0. The third-order valence-electron chi connectivity index (χ3n) is 10.1. The molecule has 0 saturated heterocycles. The molecule has 7 aromatic carbocycles. The molecule has 0 amide bonds. The monoisotopic (exact) mass is 572 g/mol. The normalized spacial score (nSPS) is 13.2. The molecule has 0 atom stereocenters. The molecule has 2 aliphatic rings. The average molecular weight is 573 g/mol. The molecule has 2 aliphatic carbocycles. The summed E-state index contributed by atoms with van der Waals surface area (Å²) >= 11 is 0. The van der Waals surface area contributed by atoms with E-state index in [1.807, 2.05) is 0 Å². The summed E-state index contributed by atoms with van der Waals surface area (Å²) in [6.07, 6.45) is 0. The summed E-state index contributed by atoms with van der Waals surface area (Å²) in [5, 5.41) is 4.65. The summed E-state index contributed by atoms with van der Waals surface area (Å²) < 4.78 is 13.4. The molecular formula is C43H24O2. The zero-order chi connectivity index (χ0) is 29.2. The van der Waals surface area contributed by atoms with Gasteiger partial charge in [-0.1, -0.05) is 97.1 Å². The minimum absolute atomic E-state index is 0.0400. The Bertz CT molecular complexity index is 2560. The second kappa shape index (κ2) is 8.40. The third kappa shape index (κ3) is 3.03. The molecule has 0 radical (unpaired) electrons. The zero-order valence-corrected chi connectivity index (χ0v) is 24.2. The number of benzene rings is 7. The highest BCUT2D eigenvalue weighted by Crippen LogP contribution is 2.62. The Morgan fingerprint density at radius 2 is 0.844 bits per heavy atom. The molecule has 0 N–H and O–H groups in total. The summed E-state index contributed by atoms with van der Waals surface area (Å²) in [4.78, 5) is 0. The van der Waals surface area contributed by atoms with Crippen LogP contribution in [-0.4, -0.2) is 0 Å². The highest BCUT2D eigenvalue weighted by atomic mass is 16.3. The molecule has 9 aromatic rings. The van der Waals surface area contributed by atoms with Crippen molar-refractivity contribution in [3.8, 4) is 44.5 Å². The van der Waals surface area contributed by atoms with Crippen molar-refractivity contribution in [1.29, 1.82) is 0 Å². The van der Waals surface area contributed by atoms with Crippen LogP contribution in [-0.2, 0) is 0 Å². The number of para-hydroxylation sites is 2. The van der Waals surface area contributed by atoms with Gasteiger partial charge in [-0.3, -0.25) is 0 Å². The van der Waals surface area contributed by atoms with Gasteiger partial charge >= 0.3 is 0 Å². The first-order valence-corrected chi connectivity index (χ1v) is 15.5. The fourth-order valence-corrected chi connectivity index (χ4v) is 8.18. The Morgan fingerprint density at radius 1 is 0.333 bits per heavy atom. The second-order valence-electron chi connectivity index (χ2n) is 12.4. The summed E-state index contributed by atoms with van der Waals surface area (Å²) in [5.74, 6) is 0.0400. The number of furan rings is 2. The maximum Gasteiger partial charge on any atom is 0.140 e. The molecule has 0 spiro atoms. The molecule has 0 bridgehead atoms. The van der Waals surface area contributed by atoms with Crippen molar-refractivity contribution in [3.63, 3.8) is 0 Å². The highest BCUT2D eigenvalue weighted by Gasteiger charge is 2.43. The first-order valence-electron chi connectivity index (χ1n) is 15.5. The van der Waals surface area contributed by atoms with Gasteiger partial charge in [-0.25, -0.2) is 0 Å². The number of hydrogen-bond acceptors (Lipinski definition) is 2. The van der Waals surface area contributed by atoms with Crippen molar-refractivity contribution >= 4 is 43.9 Å². The van der Waals surface area contributed by atoms with E-state index in [9.17, 15) is 0 Å². The van der Waals surface area contributed by atoms with E-state index < -0.39 is 0 Å². The quantitative estimate of drug-likeness (QED) is 0.206. The van der Waals surface area contributed by atoms with Gasteiger partial charge < -0.3 is 8.83 Å². The van der Waals surface area contributed by atoms with Crippen molar-refractivity contribution in [3.05, 3.63) is 156 Å². The number of fused-ring (bicyclic) bond motifs is 14. The molecule has 2 nitrogen and oxygen atoms in total. The van der Waals surface area contributed by atoms with Crippen molar-refractivity contribution in [2.45, 2.75) is 5.92 Å². The van der Waals surface area contributed by atoms with Gasteiger partial charge in [0.25, 0.3) is 0 Å². The van der Waals surface area contributed by atoms with Crippen LogP contribution < -0.4 is 0 Å². The van der Waals surface area contributed by atoms with Gasteiger partial charge in [-0.2, -0.15) is 0 Å². The van der Waals surface area contributed by atoms with Gasteiger partial charge in [0.2, 0.25) is 0 Å². The Morgan fingerprint density at radius 3 is 1.44 bits per heavy atom. The molecule has 0 aliphatic heterocycles. The largest absolute Gasteiger partial charge is 0.456 e. The minimum atomic E-state index is 0.0400. The van der Waals surface area contributed by atoms with E-state index in [4.69, 9.17) is 8.83 Å². The van der Waals surface area contributed by atoms with Crippen molar-refractivity contribution in [2.75, 3.05) is 0 Å². The number of rotatable bonds is 2. The fourth-order valence-electron chi connectivity index (χ4n) is 8.18. The maximum atomic E-state index is 6.72. The summed E-state index contributed by atoms with van der Waals surface area (Å²) in [6, 6.07) is 50.2. The van der Waals surface area contributed by atoms with Crippen LogP contribution in [0.25, 0.3) is 88.4 Å². The van der Waals surface area contributed by atoms with E-state index in [2.05, 4.69) is 140 Å². The van der Waals surface area contributed by atoms with E-state index >= 15 is 0 Å². The Kier molecular flexibility index (Phi) is 4.40. The van der Waals surface area contributed by atoms with E-state index in [-0.39, 0.29) is 5.92 Å². The predicted octanol–water partition coefficient (Wildman–Crippen LogP) is 12.0. The molecular weight excluding hydrogens is 548 g/mol. The summed E-state index contributed by atoms with van der Waals surface area (Å²) in [7, 11) is 0. The van der Waals surface area contributed by atoms with Crippen LogP contribution in [0.15, 0.2) is 148 Å². The molecule has 0 fully saturated rings. The van der Waals surface area contributed by atoms with Gasteiger partial charge in [0, 0.05) is 38.6 Å². The molecule has 0 saturated carbocycles. The van der Waals surface area contributed by atoms with Gasteiger partial charge in [0.1, 0.15) is 22.3 Å². The van der Waals surface area contributed by atoms with E-state index in [0.717, 1.165) is 33.1 Å². The van der Waals surface area contributed by atoms with Crippen LogP contribution in [0.5, 0.6) is 0 Å². The Labute approximate surface area is 258 Å². The molecule has 208 valence electrons. The molecule has 0 unspecified atom stereocenters. The van der Waals surface area contributed by atoms with E-state index in [0.29, 0.717) is 0 Å². The first-order chi connectivity index (χ1) is 22.3. The second-order valence-corrected chi connectivity index (χ2v) is 12.4. The molecule has 11 rings (SSSR count). The minimum Gasteiger partial charge on any atom is -0.456 e. The predicted molar refractivity (Wildman–Crippen MR) is 184 cm³/mol. The van der Waals surface area contributed by atoms with Crippen LogP contribution in [0, 0.1) is 0 Å². The molecule has 2 aromatic heterocycles. The maximum absolute atomic E-state index is 6.72. The smallest absolute Gasteiger partial charge is 0.140 e. The Balaban J connectivity index is 1.24. The van der Waals surface area contributed by atoms with Crippen LogP contribution in [0.1, 0.15) is 22.6 Å². The van der Waals surface area contributed by atoms with Crippen molar-refractivity contribution < 1.29 is 8.83 Å². The lowest BCUT2D eigenvalue weighted by molar-refractivity contribution is 0.656. The lowest BCUT2D eigenvalue weighted by atomic mass is 9.90. The molecule has 2 heterocycles. The van der Waals surface area contributed by atoms with Gasteiger partial charge in [-0.05, 0) is 92.5 Å². The summed E-state index contributed by atoms with van der Waals surface area (Å²) in [5.41, 5.74) is 17.6. The zero-order valence-electron chi connectivity index (χ0n) is 24.2. The van der Waals surface area contributed by atoms with E-state index in [1.54, 1.807) is 0 Å². The lowest BCUT2D eigenvalue weighted by Gasteiger charge is -2.13. The van der Waals surface area contributed by atoms with Crippen LogP contribution in [0.3, 0.4) is 0 Å². The molecule has 45 heavy (non-hydrogen) atoms. The van der Waals surface area contributed by atoms with E-state index in [1.165, 1.54) is 72.0 Å². The lowest BCUT2D eigenvalue weighted by Crippen LogP contribution is -1.96. The van der Waals surface area contributed by atoms with Crippen LogP contribution in [0.4, 0.5) is 0 Å². The highest BCUT2D eigenvalue weighted by molar-refractivity contribution is 6.14. The van der Waals surface area contributed by atoms with Crippen LogP contribution >= 0.6 is 0 Å². The van der Waals surface area contributed by atoms with Crippen LogP contribution in [0.2, 0.25) is 0 Å². The van der Waals surface area contributed by atoms with Crippen molar-refractivity contribution in [1.82, 2.24) is 0 Å². The fraction of sp³-hybridized carbons (Fsp3) is 0.0233. The standard InChI is InChI=1S/C43H24O2/c1-2-9-24(10-3-1)25-11-8-12-26(21-25)27-22-34-30-17-19-32-28-13-4-6-15-36(28)44-42(32)39(30)41-38(34)35(23-27)31-18-20-33-29-14-5-7-16-37(29)45-43(33)40(31)41/h1-23,41H. The van der Waals surface area contributed by atoms with Gasteiger partial charge in [-0.15, -0.1) is 0 Å². The van der Waals surface area contributed by atoms with Gasteiger partial charge in [0.05, 0.1) is 0 Å². The SMILES string of the molecule is c1ccc(-c2cccc(-c3cc4c5c(c3)-c3ccc6c(oc7ccccc76)c3C5c3c-4ccc4c3oc3ccccc34)c2)cc1. The third-order valence-corrected chi connectivity index (χ3v) is 10.1. The average Bonchev–Trinajstić information content (AvgIpc) is 3.84. The first kappa shape index (κ1) is 23.6. The molecule has 2 heteroatoms. The topological polar surface area (TPSA) is 26.3 Å². The Hall–Kier alpha value is -5.86. The van der Waals surface area contributed by atoms with Crippen molar-refractivity contribution in [2.24, 2.45) is 0 Å². The number of hydrogen-bond donors (Lipinski definition) is 0.